The summed E-state index contributed by atoms with van der Waals surface area (Å²) in [7, 11) is 1.67. The van der Waals surface area contributed by atoms with Gasteiger partial charge in [-0.3, -0.25) is 9.79 Å². The third kappa shape index (κ3) is 2.22. The highest BCUT2D eigenvalue weighted by molar-refractivity contribution is 5.83. The Labute approximate surface area is 101 Å². The first kappa shape index (κ1) is 11.8. The van der Waals surface area contributed by atoms with Gasteiger partial charge >= 0.3 is 0 Å². The second-order valence-electron chi connectivity index (χ2n) is 4.10. The van der Waals surface area contributed by atoms with Crippen molar-refractivity contribution in [2.75, 3.05) is 13.7 Å². The summed E-state index contributed by atoms with van der Waals surface area (Å²) in [5.41, 5.74) is 1.50. The Kier molecular flexibility index (Phi) is 3.24. The van der Waals surface area contributed by atoms with Gasteiger partial charge < -0.3 is 10.1 Å². The van der Waals surface area contributed by atoms with E-state index in [1.54, 1.807) is 7.11 Å². The summed E-state index contributed by atoms with van der Waals surface area (Å²) in [6.45, 7) is 2.08. The SMILES string of the molecule is COC1(CCNC(C)=O)C=Nc2ccccc21. The van der Waals surface area contributed by atoms with Crippen molar-refractivity contribution in [1.82, 2.24) is 5.32 Å². The van der Waals surface area contributed by atoms with Crippen molar-refractivity contribution in [3.8, 4) is 0 Å². The molecule has 1 amide bonds. The molecule has 1 N–H and O–H groups in total. The lowest BCUT2D eigenvalue weighted by Crippen LogP contribution is -2.33. The van der Waals surface area contributed by atoms with Gasteiger partial charge in [-0.15, -0.1) is 0 Å². The zero-order valence-electron chi connectivity index (χ0n) is 10.1. The Morgan fingerprint density at radius 3 is 2.94 bits per heavy atom. The fourth-order valence-corrected chi connectivity index (χ4v) is 2.08. The fraction of sp³-hybridized carbons (Fsp3) is 0.385. The van der Waals surface area contributed by atoms with Crippen molar-refractivity contribution in [2.45, 2.75) is 18.9 Å². The smallest absolute Gasteiger partial charge is 0.216 e. The van der Waals surface area contributed by atoms with Gasteiger partial charge in [0, 0.05) is 38.8 Å². The van der Waals surface area contributed by atoms with Gasteiger partial charge in [-0.25, -0.2) is 0 Å². The second-order valence-corrected chi connectivity index (χ2v) is 4.10. The molecule has 2 rings (SSSR count). The monoisotopic (exact) mass is 232 g/mol. The minimum Gasteiger partial charge on any atom is -0.368 e. The highest BCUT2D eigenvalue weighted by Crippen LogP contribution is 2.39. The van der Waals surface area contributed by atoms with E-state index in [9.17, 15) is 4.79 Å². The molecule has 0 spiro atoms. The lowest BCUT2D eigenvalue weighted by atomic mass is 9.92. The van der Waals surface area contributed by atoms with Gasteiger partial charge in [-0.2, -0.15) is 0 Å². The molecule has 1 atom stereocenters. The summed E-state index contributed by atoms with van der Waals surface area (Å²) < 4.78 is 5.61. The minimum atomic E-state index is -0.501. The number of carbonyl (C=O) groups excluding carboxylic acids is 1. The van der Waals surface area contributed by atoms with E-state index in [2.05, 4.69) is 10.3 Å². The van der Waals surface area contributed by atoms with E-state index < -0.39 is 5.60 Å². The number of fused-ring (bicyclic) bond motifs is 1. The fourth-order valence-electron chi connectivity index (χ4n) is 2.08. The first-order chi connectivity index (χ1) is 8.18. The van der Waals surface area contributed by atoms with E-state index >= 15 is 0 Å². The van der Waals surface area contributed by atoms with Crippen molar-refractivity contribution in [3.05, 3.63) is 29.8 Å². The van der Waals surface area contributed by atoms with Gasteiger partial charge in [0.05, 0.1) is 5.69 Å². The highest BCUT2D eigenvalue weighted by Gasteiger charge is 2.35. The van der Waals surface area contributed by atoms with Gasteiger partial charge in [0.25, 0.3) is 0 Å². The number of ether oxygens (including phenoxy) is 1. The number of para-hydroxylation sites is 1. The maximum absolute atomic E-state index is 10.9. The molecule has 0 bridgehead atoms. The number of hydrogen-bond acceptors (Lipinski definition) is 3. The van der Waals surface area contributed by atoms with E-state index in [0.717, 1.165) is 11.3 Å². The zero-order chi connectivity index (χ0) is 12.3. The van der Waals surface area contributed by atoms with Gasteiger partial charge in [-0.1, -0.05) is 18.2 Å². The van der Waals surface area contributed by atoms with Crippen LogP contribution in [0.4, 0.5) is 5.69 Å². The number of benzene rings is 1. The number of methoxy groups -OCH3 is 1. The molecule has 1 aliphatic heterocycles. The summed E-state index contributed by atoms with van der Waals surface area (Å²) in [5.74, 6) is -0.0283. The van der Waals surface area contributed by atoms with E-state index in [-0.39, 0.29) is 5.91 Å². The van der Waals surface area contributed by atoms with Crippen LogP contribution in [-0.4, -0.2) is 25.8 Å². The average molecular weight is 232 g/mol. The van der Waals surface area contributed by atoms with Gasteiger partial charge in [0.15, 0.2) is 0 Å². The first-order valence-corrected chi connectivity index (χ1v) is 5.62. The molecule has 1 heterocycles. The molecule has 90 valence electrons. The maximum atomic E-state index is 10.9. The molecule has 1 unspecified atom stereocenters. The van der Waals surface area contributed by atoms with Crippen molar-refractivity contribution in [3.63, 3.8) is 0 Å². The Hall–Kier alpha value is -1.68. The van der Waals surface area contributed by atoms with Crippen LogP contribution in [0.2, 0.25) is 0 Å². The summed E-state index contributed by atoms with van der Waals surface area (Å²) >= 11 is 0. The Morgan fingerprint density at radius 1 is 1.47 bits per heavy atom. The number of nitrogens with one attached hydrogen (secondary N) is 1. The van der Waals surface area contributed by atoms with E-state index in [1.807, 2.05) is 30.5 Å². The molecule has 4 nitrogen and oxygen atoms in total. The van der Waals surface area contributed by atoms with Crippen LogP contribution in [0, 0.1) is 0 Å². The molecule has 0 radical (unpaired) electrons. The van der Waals surface area contributed by atoms with E-state index in [0.29, 0.717) is 13.0 Å². The Morgan fingerprint density at radius 2 is 2.24 bits per heavy atom. The number of carbonyl (C=O) groups is 1. The molecule has 1 aromatic carbocycles. The molecular weight excluding hydrogens is 216 g/mol. The van der Waals surface area contributed by atoms with Crippen molar-refractivity contribution in [2.24, 2.45) is 4.99 Å². The van der Waals surface area contributed by atoms with Crippen LogP contribution in [0.5, 0.6) is 0 Å². The van der Waals surface area contributed by atoms with Crippen LogP contribution in [0.15, 0.2) is 29.3 Å². The lowest BCUT2D eigenvalue weighted by molar-refractivity contribution is -0.119. The number of hydrogen-bond donors (Lipinski definition) is 1. The lowest BCUT2D eigenvalue weighted by Gasteiger charge is -2.26. The first-order valence-electron chi connectivity index (χ1n) is 5.62. The number of aliphatic imine (C=N–C) groups is 1. The largest absolute Gasteiger partial charge is 0.368 e. The topological polar surface area (TPSA) is 50.7 Å². The number of amides is 1. The molecule has 0 aromatic heterocycles. The van der Waals surface area contributed by atoms with Crippen LogP contribution < -0.4 is 5.32 Å². The van der Waals surface area contributed by atoms with Crippen molar-refractivity contribution < 1.29 is 9.53 Å². The maximum Gasteiger partial charge on any atom is 0.216 e. The minimum absolute atomic E-state index is 0.0283. The average Bonchev–Trinajstić information content (AvgIpc) is 2.69. The zero-order valence-corrected chi connectivity index (χ0v) is 10.1. The Balaban J connectivity index is 2.17. The van der Waals surface area contributed by atoms with Gasteiger partial charge in [-0.05, 0) is 6.07 Å². The molecule has 1 aliphatic rings. The number of rotatable bonds is 4. The van der Waals surface area contributed by atoms with Gasteiger partial charge in [0.2, 0.25) is 5.91 Å². The normalized spacial score (nSPS) is 21.3. The molecule has 17 heavy (non-hydrogen) atoms. The van der Waals surface area contributed by atoms with Crippen LogP contribution in [0.1, 0.15) is 18.9 Å². The Bertz CT molecular complexity index is 456. The van der Waals surface area contributed by atoms with E-state index in [1.165, 1.54) is 6.92 Å². The molecule has 0 saturated heterocycles. The third-order valence-electron chi connectivity index (χ3n) is 3.01. The molecular formula is C13H16N2O2. The van der Waals surface area contributed by atoms with Crippen LogP contribution in [-0.2, 0) is 15.1 Å². The quantitative estimate of drug-likeness (QED) is 0.860. The predicted octanol–water partition coefficient (Wildman–Crippen LogP) is 1.77. The second kappa shape index (κ2) is 4.67. The summed E-state index contributed by atoms with van der Waals surface area (Å²) in [6.07, 6.45) is 2.50. The molecule has 0 saturated carbocycles. The van der Waals surface area contributed by atoms with Crippen LogP contribution in [0.25, 0.3) is 0 Å². The summed E-state index contributed by atoms with van der Waals surface area (Å²) in [4.78, 5) is 15.2. The molecule has 4 heteroatoms. The molecule has 0 fully saturated rings. The van der Waals surface area contributed by atoms with Crippen LogP contribution in [0.3, 0.4) is 0 Å². The third-order valence-corrected chi connectivity index (χ3v) is 3.01. The van der Waals surface area contributed by atoms with Gasteiger partial charge in [0.1, 0.15) is 5.60 Å². The molecule has 1 aromatic rings. The number of nitrogens with zero attached hydrogens (tertiary/aromatic N) is 1. The van der Waals surface area contributed by atoms with Crippen LogP contribution >= 0.6 is 0 Å². The van der Waals surface area contributed by atoms with Crippen molar-refractivity contribution in [1.29, 1.82) is 0 Å². The van der Waals surface area contributed by atoms with Crippen molar-refractivity contribution >= 4 is 17.8 Å². The summed E-state index contributed by atoms with van der Waals surface area (Å²) in [6, 6.07) is 7.90. The van der Waals surface area contributed by atoms with E-state index in [4.69, 9.17) is 4.74 Å². The molecule has 0 aliphatic carbocycles. The predicted molar refractivity (Wildman–Crippen MR) is 66.6 cm³/mol. The highest BCUT2D eigenvalue weighted by atomic mass is 16.5. The summed E-state index contributed by atoms with van der Waals surface area (Å²) in [5, 5.41) is 2.78. The standard InChI is InChI=1S/C13H16N2O2/c1-10(16)14-8-7-13(17-2)9-15-12-6-4-3-5-11(12)13/h3-6,9H,7-8H2,1-2H3,(H,14,16).